The van der Waals surface area contributed by atoms with Crippen molar-refractivity contribution in [3.8, 4) is 0 Å². The van der Waals surface area contributed by atoms with Crippen molar-refractivity contribution in [3.05, 3.63) is 23.1 Å². The van der Waals surface area contributed by atoms with E-state index in [9.17, 15) is 4.39 Å². The van der Waals surface area contributed by atoms with Crippen LogP contribution in [-0.2, 0) is 0 Å². The predicted octanol–water partition coefficient (Wildman–Crippen LogP) is 4.25. The first kappa shape index (κ1) is 12.0. The molecule has 0 spiro atoms. The van der Waals surface area contributed by atoms with Gasteiger partial charge in [-0.1, -0.05) is 11.6 Å². The lowest BCUT2D eigenvalue weighted by molar-refractivity contribution is 0.0104. The van der Waals surface area contributed by atoms with Gasteiger partial charge in [0.15, 0.2) is 11.6 Å². The molecule has 1 aromatic rings. The first-order valence-corrected chi connectivity index (χ1v) is 7.59. The Morgan fingerprint density at radius 3 is 2.26 bits per heavy atom. The Morgan fingerprint density at radius 1 is 1.16 bits per heavy atom. The molecular formula is C15H18ClFN2. The smallest absolute Gasteiger partial charge is 0.166 e. The Morgan fingerprint density at radius 2 is 1.74 bits per heavy atom. The van der Waals surface area contributed by atoms with E-state index in [-0.39, 0.29) is 11.4 Å². The molecule has 4 bridgehead atoms. The highest BCUT2D eigenvalue weighted by Crippen LogP contribution is 2.56. The number of anilines is 1. The largest absolute Gasteiger partial charge is 0.362 e. The highest BCUT2D eigenvalue weighted by molar-refractivity contribution is 6.30. The number of rotatable bonds is 2. The van der Waals surface area contributed by atoms with E-state index in [1.165, 1.54) is 50.8 Å². The van der Waals surface area contributed by atoms with Crippen molar-refractivity contribution >= 4 is 17.4 Å². The highest BCUT2D eigenvalue weighted by Gasteiger charge is 2.51. The number of pyridine rings is 1. The van der Waals surface area contributed by atoms with E-state index in [0.717, 1.165) is 17.8 Å². The van der Waals surface area contributed by atoms with E-state index in [4.69, 9.17) is 11.6 Å². The molecule has 4 fully saturated rings. The molecule has 0 saturated heterocycles. The minimum absolute atomic E-state index is 0.0937. The van der Waals surface area contributed by atoms with Crippen LogP contribution in [-0.4, -0.2) is 10.5 Å². The van der Waals surface area contributed by atoms with Gasteiger partial charge in [-0.05, 0) is 62.3 Å². The van der Waals surface area contributed by atoms with Crippen LogP contribution in [0.4, 0.5) is 10.2 Å². The van der Waals surface area contributed by atoms with E-state index in [0.29, 0.717) is 10.8 Å². The van der Waals surface area contributed by atoms with Gasteiger partial charge in [-0.2, -0.15) is 0 Å². The lowest BCUT2D eigenvalue weighted by atomic mass is 9.53. The van der Waals surface area contributed by atoms with Crippen LogP contribution in [0.2, 0.25) is 5.02 Å². The maximum atomic E-state index is 13.9. The maximum absolute atomic E-state index is 13.9. The third kappa shape index (κ3) is 2.03. The van der Waals surface area contributed by atoms with Gasteiger partial charge in [0.25, 0.3) is 0 Å². The number of halogens is 2. The molecule has 0 aliphatic heterocycles. The summed E-state index contributed by atoms with van der Waals surface area (Å²) in [5, 5.41) is 3.79. The molecule has 0 aromatic carbocycles. The molecule has 4 aliphatic carbocycles. The van der Waals surface area contributed by atoms with E-state index < -0.39 is 0 Å². The molecule has 4 aliphatic rings. The average Bonchev–Trinajstić information content (AvgIpc) is 2.31. The van der Waals surface area contributed by atoms with E-state index >= 15 is 0 Å². The van der Waals surface area contributed by atoms with Gasteiger partial charge in [0.2, 0.25) is 0 Å². The molecule has 2 nitrogen and oxygen atoms in total. The van der Waals surface area contributed by atoms with Crippen molar-refractivity contribution in [2.24, 2.45) is 17.8 Å². The van der Waals surface area contributed by atoms with E-state index in [1.54, 1.807) is 0 Å². The van der Waals surface area contributed by atoms with Crippen LogP contribution in [0, 0.1) is 23.6 Å². The summed E-state index contributed by atoms with van der Waals surface area (Å²) in [6, 6.07) is 1.34. The van der Waals surface area contributed by atoms with Crippen LogP contribution >= 0.6 is 11.6 Å². The summed E-state index contributed by atoms with van der Waals surface area (Å²) in [5.74, 6) is 2.58. The van der Waals surface area contributed by atoms with Gasteiger partial charge in [0.1, 0.15) is 0 Å². The lowest BCUT2D eigenvalue weighted by Crippen LogP contribution is -2.55. The number of hydrogen-bond donors (Lipinski definition) is 1. The molecule has 1 heterocycles. The Labute approximate surface area is 117 Å². The van der Waals surface area contributed by atoms with Crippen LogP contribution in [0.5, 0.6) is 0 Å². The van der Waals surface area contributed by atoms with Crippen molar-refractivity contribution in [1.29, 1.82) is 0 Å². The SMILES string of the molecule is Fc1cc(Cl)cnc1NC12CC3CC(CC(C3)C1)C2. The zero-order chi connectivity index (χ0) is 13.0. The number of nitrogens with zero attached hydrogens (tertiary/aromatic N) is 1. The summed E-state index contributed by atoms with van der Waals surface area (Å²) in [6.45, 7) is 0. The monoisotopic (exact) mass is 280 g/mol. The number of aromatic nitrogens is 1. The minimum Gasteiger partial charge on any atom is -0.362 e. The van der Waals surface area contributed by atoms with Crippen LogP contribution in [0.25, 0.3) is 0 Å². The van der Waals surface area contributed by atoms with Gasteiger partial charge in [0, 0.05) is 11.7 Å². The second-order valence-electron chi connectivity index (χ2n) is 6.81. The summed E-state index contributed by atoms with van der Waals surface area (Å²) in [7, 11) is 0. The Balaban J connectivity index is 1.62. The quantitative estimate of drug-likeness (QED) is 0.876. The zero-order valence-corrected chi connectivity index (χ0v) is 11.6. The average molecular weight is 281 g/mol. The molecule has 19 heavy (non-hydrogen) atoms. The van der Waals surface area contributed by atoms with Crippen molar-refractivity contribution in [3.63, 3.8) is 0 Å². The molecule has 5 rings (SSSR count). The molecular weight excluding hydrogens is 263 g/mol. The first-order chi connectivity index (χ1) is 9.12. The van der Waals surface area contributed by atoms with Crippen molar-refractivity contribution in [2.45, 2.75) is 44.1 Å². The summed E-state index contributed by atoms with van der Waals surface area (Å²) in [4.78, 5) is 4.14. The lowest BCUT2D eigenvalue weighted by Gasteiger charge is -2.57. The topological polar surface area (TPSA) is 24.9 Å². The van der Waals surface area contributed by atoms with Gasteiger partial charge in [-0.25, -0.2) is 9.37 Å². The van der Waals surface area contributed by atoms with Crippen LogP contribution < -0.4 is 5.32 Å². The van der Waals surface area contributed by atoms with Gasteiger partial charge >= 0.3 is 0 Å². The summed E-state index contributed by atoms with van der Waals surface area (Å²) < 4.78 is 13.9. The van der Waals surface area contributed by atoms with Crippen LogP contribution in [0.3, 0.4) is 0 Å². The molecule has 4 saturated carbocycles. The van der Waals surface area contributed by atoms with E-state index in [1.807, 2.05) is 0 Å². The molecule has 1 N–H and O–H groups in total. The predicted molar refractivity (Wildman–Crippen MR) is 73.7 cm³/mol. The Bertz CT molecular complexity index is 482. The Kier molecular flexibility index (Phi) is 2.57. The molecule has 0 radical (unpaired) electrons. The third-order valence-electron chi connectivity index (χ3n) is 5.23. The van der Waals surface area contributed by atoms with Gasteiger partial charge in [-0.3, -0.25) is 0 Å². The molecule has 0 atom stereocenters. The summed E-state index contributed by atoms with van der Waals surface area (Å²) in [5.41, 5.74) is 0.0937. The first-order valence-electron chi connectivity index (χ1n) is 7.21. The summed E-state index contributed by atoms with van der Waals surface area (Å²) in [6.07, 6.45) is 9.23. The van der Waals surface area contributed by atoms with Gasteiger partial charge in [-0.15, -0.1) is 0 Å². The summed E-state index contributed by atoms with van der Waals surface area (Å²) >= 11 is 5.76. The number of hydrogen-bond acceptors (Lipinski definition) is 2. The molecule has 102 valence electrons. The fraction of sp³-hybridized carbons (Fsp3) is 0.667. The van der Waals surface area contributed by atoms with Crippen LogP contribution in [0.1, 0.15) is 38.5 Å². The van der Waals surface area contributed by atoms with Crippen molar-refractivity contribution in [2.75, 3.05) is 5.32 Å². The molecule has 0 unspecified atom stereocenters. The van der Waals surface area contributed by atoms with E-state index in [2.05, 4.69) is 10.3 Å². The maximum Gasteiger partial charge on any atom is 0.166 e. The zero-order valence-electron chi connectivity index (χ0n) is 10.8. The molecule has 1 aromatic heterocycles. The Hall–Kier alpha value is -0.830. The van der Waals surface area contributed by atoms with Crippen LogP contribution in [0.15, 0.2) is 12.3 Å². The van der Waals surface area contributed by atoms with Crippen molar-refractivity contribution < 1.29 is 4.39 Å². The normalized spacial score (nSPS) is 39.6. The fourth-order valence-corrected chi connectivity index (χ4v) is 5.17. The standard InChI is InChI=1S/C15H18ClFN2/c16-12-4-13(17)14(18-8-12)19-15-5-9-1-10(6-15)3-11(2-9)7-15/h4,8-11H,1-3,5-7H2,(H,18,19). The molecule has 0 amide bonds. The highest BCUT2D eigenvalue weighted by atomic mass is 35.5. The minimum atomic E-state index is -0.330. The third-order valence-corrected chi connectivity index (χ3v) is 5.44. The fourth-order valence-electron chi connectivity index (χ4n) is 5.02. The van der Waals surface area contributed by atoms with Gasteiger partial charge in [0.05, 0.1) is 5.02 Å². The van der Waals surface area contributed by atoms with Crippen molar-refractivity contribution in [1.82, 2.24) is 4.98 Å². The second kappa shape index (κ2) is 4.08. The second-order valence-corrected chi connectivity index (χ2v) is 7.24. The van der Waals surface area contributed by atoms with Gasteiger partial charge < -0.3 is 5.32 Å². The number of nitrogens with one attached hydrogen (secondary N) is 1. The molecule has 4 heteroatoms.